The van der Waals surface area contributed by atoms with Crippen LogP contribution >= 0.6 is 22.7 Å². The highest BCUT2D eigenvalue weighted by molar-refractivity contribution is 7.19. The van der Waals surface area contributed by atoms with E-state index in [0.29, 0.717) is 0 Å². The average Bonchev–Trinajstić information content (AvgIpc) is 3.38. The van der Waals surface area contributed by atoms with Gasteiger partial charge in [-0.2, -0.15) is 0 Å². The van der Waals surface area contributed by atoms with E-state index in [1.165, 1.54) is 21.4 Å². The minimum atomic E-state index is 0.850. The maximum Gasteiger partial charge on any atom is 0.173 e. The van der Waals surface area contributed by atoms with E-state index < -0.39 is 0 Å². The molecule has 5 heterocycles. The number of piperazine rings is 1. The molecule has 5 rings (SSSR count). The molecule has 1 aliphatic rings. The van der Waals surface area contributed by atoms with Crippen molar-refractivity contribution >= 4 is 38.7 Å². The van der Waals surface area contributed by atoms with Crippen LogP contribution in [0.5, 0.6) is 0 Å². The van der Waals surface area contributed by atoms with Gasteiger partial charge in [-0.25, -0.2) is 9.97 Å². The van der Waals surface area contributed by atoms with Crippen LogP contribution in [0.3, 0.4) is 0 Å². The van der Waals surface area contributed by atoms with Gasteiger partial charge in [0, 0.05) is 50.0 Å². The number of aromatic nitrogens is 3. The monoisotopic (exact) mass is 421 g/mol. The van der Waals surface area contributed by atoms with Crippen molar-refractivity contribution in [3.05, 3.63) is 58.0 Å². The van der Waals surface area contributed by atoms with Crippen LogP contribution in [-0.4, -0.2) is 46.0 Å². The fraction of sp³-hybridized carbons (Fsp3) is 0.318. The van der Waals surface area contributed by atoms with Gasteiger partial charge in [-0.05, 0) is 48.6 Å². The lowest BCUT2D eigenvalue weighted by molar-refractivity contribution is 0.249. The molecule has 0 aromatic carbocycles. The van der Waals surface area contributed by atoms with Crippen molar-refractivity contribution in [2.45, 2.75) is 20.4 Å². The van der Waals surface area contributed by atoms with E-state index in [9.17, 15) is 0 Å². The molecule has 0 unspecified atom stereocenters. The zero-order valence-electron chi connectivity index (χ0n) is 16.6. The molecule has 7 heteroatoms. The van der Waals surface area contributed by atoms with Crippen LogP contribution in [0.2, 0.25) is 0 Å². The molecule has 29 heavy (non-hydrogen) atoms. The van der Waals surface area contributed by atoms with Gasteiger partial charge in [0.05, 0.1) is 10.3 Å². The minimum absolute atomic E-state index is 0.850. The van der Waals surface area contributed by atoms with E-state index in [-0.39, 0.29) is 0 Å². The summed E-state index contributed by atoms with van der Waals surface area (Å²) >= 11 is 3.48. The second-order valence-corrected chi connectivity index (χ2v) is 9.58. The predicted molar refractivity (Wildman–Crippen MR) is 122 cm³/mol. The van der Waals surface area contributed by atoms with Crippen molar-refractivity contribution in [1.29, 1.82) is 0 Å². The molecule has 4 aromatic heterocycles. The van der Waals surface area contributed by atoms with Crippen molar-refractivity contribution in [2.24, 2.45) is 0 Å². The summed E-state index contributed by atoms with van der Waals surface area (Å²) in [7, 11) is 0. The van der Waals surface area contributed by atoms with Gasteiger partial charge in [-0.3, -0.25) is 9.88 Å². The highest BCUT2D eigenvalue weighted by atomic mass is 32.1. The van der Waals surface area contributed by atoms with Crippen molar-refractivity contribution in [1.82, 2.24) is 19.9 Å². The lowest BCUT2D eigenvalue weighted by Crippen LogP contribution is -2.46. The first kappa shape index (κ1) is 18.7. The Morgan fingerprint density at radius 2 is 1.79 bits per heavy atom. The van der Waals surface area contributed by atoms with Gasteiger partial charge in [0.15, 0.2) is 5.82 Å². The molecule has 0 aliphatic carbocycles. The molecule has 4 aromatic rings. The Bertz CT molecular complexity index is 1110. The number of nitrogens with zero attached hydrogens (tertiary/aromatic N) is 5. The first-order valence-electron chi connectivity index (χ1n) is 9.87. The van der Waals surface area contributed by atoms with Crippen molar-refractivity contribution < 1.29 is 0 Å². The molecule has 0 saturated carbocycles. The Morgan fingerprint density at radius 3 is 2.52 bits per heavy atom. The smallest absolute Gasteiger partial charge is 0.173 e. The number of hydrogen-bond acceptors (Lipinski definition) is 7. The van der Waals surface area contributed by atoms with Gasteiger partial charge in [0.2, 0.25) is 0 Å². The van der Waals surface area contributed by atoms with E-state index in [1.807, 2.05) is 12.4 Å². The third-order valence-corrected chi connectivity index (χ3v) is 7.55. The first-order valence-corrected chi connectivity index (χ1v) is 11.6. The van der Waals surface area contributed by atoms with Crippen molar-refractivity contribution in [3.63, 3.8) is 0 Å². The van der Waals surface area contributed by atoms with Crippen molar-refractivity contribution in [2.75, 3.05) is 31.1 Å². The lowest BCUT2D eigenvalue weighted by Gasteiger charge is -2.35. The standard InChI is InChI=1S/C22H23N5S2/c1-15-16(2)29-22-19(15)21(24-20(25-22)18-4-3-13-28-18)27-11-9-26(10-12-27)14-17-5-7-23-8-6-17/h3-8,13H,9-12,14H2,1-2H3. The normalized spacial score (nSPS) is 15.3. The Hall–Kier alpha value is -2.35. The molecule has 148 valence electrons. The minimum Gasteiger partial charge on any atom is -0.353 e. The summed E-state index contributed by atoms with van der Waals surface area (Å²) in [5, 5.41) is 3.32. The Balaban J connectivity index is 1.44. The largest absolute Gasteiger partial charge is 0.353 e. The molecule has 0 atom stereocenters. The number of aryl methyl sites for hydroxylation is 2. The van der Waals surface area contributed by atoms with Crippen molar-refractivity contribution in [3.8, 4) is 10.7 Å². The molecule has 0 N–H and O–H groups in total. The third kappa shape index (κ3) is 3.66. The van der Waals surface area contributed by atoms with Crippen LogP contribution in [0.4, 0.5) is 5.82 Å². The number of anilines is 1. The molecule has 5 nitrogen and oxygen atoms in total. The zero-order chi connectivity index (χ0) is 19.8. The van der Waals surface area contributed by atoms with E-state index in [4.69, 9.17) is 9.97 Å². The second kappa shape index (κ2) is 7.82. The molecule has 1 aliphatic heterocycles. The van der Waals surface area contributed by atoms with Gasteiger partial charge < -0.3 is 4.90 Å². The molecular weight excluding hydrogens is 398 g/mol. The second-order valence-electron chi connectivity index (χ2n) is 7.43. The summed E-state index contributed by atoms with van der Waals surface area (Å²) in [6.45, 7) is 9.39. The van der Waals surface area contributed by atoms with E-state index in [0.717, 1.165) is 54.1 Å². The third-order valence-electron chi connectivity index (χ3n) is 5.58. The number of hydrogen-bond donors (Lipinski definition) is 0. The summed E-state index contributed by atoms with van der Waals surface area (Å²) in [6.07, 6.45) is 3.74. The summed E-state index contributed by atoms with van der Waals surface area (Å²) in [5.41, 5.74) is 2.64. The van der Waals surface area contributed by atoms with Crippen LogP contribution in [0.1, 0.15) is 16.0 Å². The summed E-state index contributed by atoms with van der Waals surface area (Å²) in [5.74, 6) is 1.95. The van der Waals surface area contributed by atoms with Gasteiger partial charge in [0.1, 0.15) is 10.6 Å². The molecule has 1 saturated heterocycles. The van der Waals surface area contributed by atoms with Crippen LogP contribution in [-0.2, 0) is 6.54 Å². The topological polar surface area (TPSA) is 45.2 Å². The van der Waals surface area contributed by atoms with Gasteiger partial charge in [-0.1, -0.05) is 6.07 Å². The Morgan fingerprint density at radius 1 is 1.00 bits per heavy atom. The molecule has 1 fully saturated rings. The van der Waals surface area contributed by atoms with Gasteiger partial charge >= 0.3 is 0 Å². The fourth-order valence-electron chi connectivity index (χ4n) is 3.84. The molecule has 0 radical (unpaired) electrons. The van der Waals surface area contributed by atoms with Gasteiger partial charge in [-0.15, -0.1) is 22.7 Å². The first-order chi connectivity index (χ1) is 14.2. The molecule has 0 amide bonds. The van der Waals surface area contributed by atoms with E-state index >= 15 is 0 Å². The maximum absolute atomic E-state index is 5.06. The van der Waals surface area contributed by atoms with E-state index in [2.05, 4.69) is 58.3 Å². The summed E-state index contributed by atoms with van der Waals surface area (Å²) < 4.78 is 0. The molecule has 0 bridgehead atoms. The van der Waals surface area contributed by atoms with Crippen LogP contribution in [0.25, 0.3) is 20.9 Å². The van der Waals surface area contributed by atoms with Crippen LogP contribution in [0, 0.1) is 13.8 Å². The Kier molecular flexibility index (Phi) is 5.03. The average molecular weight is 422 g/mol. The van der Waals surface area contributed by atoms with E-state index in [1.54, 1.807) is 22.7 Å². The number of fused-ring (bicyclic) bond motifs is 1. The number of rotatable bonds is 4. The quantitative estimate of drug-likeness (QED) is 0.476. The fourth-order valence-corrected chi connectivity index (χ4v) is 5.52. The Labute approximate surface area is 178 Å². The van der Waals surface area contributed by atoms with Crippen LogP contribution in [0.15, 0.2) is 42.0 Å². The highest BCUT2D eigenvalue weighted by Gasteiger charge is 2.24. The SMILES string of the molecule is Cc1sc2nc(-c3cccs3)nc(N3CCN(Cc4ccncc4)CC3)c2c1C. The number of thiophene rings is 2. The van der Waals surface area contributed by atoms with Crippen LogP contribution < -0.4 is 4.90 Å². The van der Waals surface area contributed by atoms with Gasteiger partial charge in [0.25, 0.3) is 0 Å². The maximum atomic E-state index is 5.06. The molecular formula is C22H23N5S2. The number of pyridine rings is 1. The summed E-state index contributed by atoms with van der Waals surface area (Å²) in [4.78, 5) is 22.6. The summed E-state index contributed by atoms with van der Waals surface area (Å²) in [6, 6.07) is 8.38. The predicted octanol–water partition coefficient (Wildman–Crippen LogP) is 4.75. The zero-order valence-corrected chi connectivity index (χ0v) is 18.3. The highest BCUT2D eigenvalue weighted by Crippen LogP contribution is 2.37. The lowest BCUT2D eigenvalue weighted by atomic mass is 10.1. The molecule has 0 spiro atoms.